The molecule has 6 nitrogen and oxygen atoms in total. The van der Waals surface area contributed by atoms with Crippen LogP contribution in [0.4, 0.5) is 0 Å². The number of aliphatic hydroxyl groups excluding tert-OH is 1. The number of aliphatic hydroxyl groups is 1. The minimum Gasteiger partial charge on any atom is -0.391 e. The predicted octanol–water partition coefficient (Wildman–Crippen LogP) is 1.26. The molecule has 3 unspecified atom stereocenters. The van der Waals surface area contributed by atoms with E-state index in [1.54, 1.807) is 14.0 Å². The van der Waals surface area contributed by atoms with Crippen LogP contribution in [0.2, 0.25) is 0 Å². The second kappa shape index (κ2) is 6.97. The first kappa shape index (κ1) is 16.8. The van der Waals surface area contributed by atoms with Crippen LogP contribution in [0.25, 0.3) is 0 Å². The van der Waals surface area contributed by atoms with E-state index in [9.17, 15) is 5.11 Å². The second-order valence-electron chi connectivity index (χ2n) is 5.15. The van der Waals surface area contributed by atoms with Crippen molar-refractivity contribution in [1.82, 2.24) is 0 Å². The smallest absolute Gasteiger partial charge is 0.194 e. The summed E-state index contributed by atoms with van der Waals surface area (Å²) in [5.74, 6) is -0.976. The zero-order valence-corrected chi connectivity index (χ0v) is 12.5. The number of hydrogen-bond donors (Lipinski definition) is 1. The van der Waals surface area contributed by atoms with Crippen molar-refractivity contribution in [3.05, 3.63) is 0 Å². The molecule has 0 saturated carbocycles. The van der Waals surface area contributed by atoms with Gasteiger partial charge in [0.2, 0.25) is 0 Å². The quantitative estimate of drug-likeness (QED) is 0.674. The van der Waals surface area contributed by atoms with Crippen molar-refractivity contribution in [3.63, 3.8) is 0 Å². The van der Waals surface area contributed by atoms with Gasteiger partial charge in [0.25, 0.3) is 0 Å². The van der Waals surface area contributed by atoms with Crippen molar-refractivity contribution in [3.8, 4) is 0 Å². The fraction of sp³-hybridized carbons (Fsp3) is 1.00. The molecule has 0 aliphatic carbocycles. The summed E-state index contributed by atoms with van der Waals surface area (Å²) in [4.78, 5) is 0. The Morgan fingerprint density at radius 1 is 1.42 bits per heavy atom. The molecule has 0 aromatic rings. The van der Waals surface area contributed by atoms with Gasteiger partial charge in [0.05, 0.1) is 18.3 Å². The molecule has 1 fully saturated rings. The highest BCUT2D eigenvalue weighted by Crippen LogP contribution is 2.40. The summed E-state index contributed by atoms with van der Waals surface area (Å²) in [6.07, 6.45) is -0.0649. The zero-order valence-electron chi connectivity index (χ0n) is 12.5. The maximum atomic E-state index is 9.49. The van der Waals surface area contributed by atoms with Gasteiger partial charge in [-0.25, -0.2) is 0 Å². The van der Waals surface area contributed by atoms with Crippen LogP contribution in [0.15, 0.2) is 0 Å². The third-order valence-corrected chi connectivity index (χ3v) is 3.27. The van der Waals surface area contributed by atoms with Gasteiger partial charge in [-0.15, -0.1) is 0 Å². The van der Waals surface area contributed by atoms with Crippen LogP contribution in [0.1, 0.15) is 34.1 Å². The summed E-state index contributed by atoms with van der Waals surface area (Å²) in [6.45, 7) is 7.87. The molecule has 1 N–H and O–H groups in total. The molecule has 19 heavy (non-hydrogen) atoms. The SMILES string of the molecule is CCOC1(CO)CC(OCOC(C)OC)C(C)(C)O1. The first-order valence-electron chi connectivity index (χ1n) is 6.60. The highest BCUT2D eigenvalue weighted by atomic mass is 16.8. The topological polar surface area (TPSA) is 66.4 Å². The fourth-order valence-corrected chi connectivity index (χ4v) is 2.15. The van der Waals surface area contributed by atoms with Crippen molar-refractivity contribution < 1.29 is 28.8 Å². The van der Waals surface area contributed by atoms with Crippen LogP contribution in [-0.2, 0) is 23.7 Å². The summed E-state index contributed by atoms with van der Waals surface area (Å²) in [5, 5.41) is 9.49. The van der Waals surface area contributed by atoms with E-state index >= 15 is 0 Å². The summed E-state index contributed by atoms with van der Waals surface area (Å²) in [7, 11) is 1.57. The maximum Gasteiger partial charge on any atom is 0.194 e. The third kappa shape index (κ3) is 4.37. The average Bonchev–Trinajstić information content (AvgIpc) is 2.61. The Kier molecular flexibility index (Phi) is 6.16. The predicted molar refractivity (Wildman–Crippen MR) is 68.5 cm³/mol. The van der Waals surface area contributed by atoms with Gasteiger partial charge in [-0.2, -0.15) is 0 Å². The van der Waals surface area contributed by atoms with E-state index in [4.69, 9.17) is 23.7 Å². The molecule has 0 aromatic carbocycles. The van der Waals surface area contributed by atoms with Gasteiger partial charge in [0.15, 0.2) is 12.1 Å². The van der Waals surface area contributed by atoms with Gasteiger partial charge < -0.3 is 28.8 Å². The van der Waals surface area contributed by atoms with Gasteiger partial charge in [-0.05, 0) is 27.7 Å². The molecule has 1 heterocycles. The summed E-state index contributed by atoms with van der Waals surface area (Å²) < 4.78 is 27.3. The van der Waals surface area contributed by atoms with Crippen molar-refractivity contribution in [2.75, 3.05) is 27.1 Å². The number of methoxy groups -OCH3 is 1. The molecule has 114 valence electrons. The molecule has 0 aromatic heterocycles. The lowest BCUT2D eigenvalue weighted by Crippen LogP contribution is -2.39. The van der Waals surface area contributed by atoms with Crippen LogP contribution >= 0.6 is 0 Å². The number of hydrogen-bond acceptors (Lipinski definition) is 6. The molecule has 0 amide bonds. The Hall–Kier alpha value is -0.240. The molecular weight excluding hydrogens is 252 g/mol. The first-order valence-corrected chi connectivity index (χ1v) is 6.60. The lowest BCUT2D eigenvalue weighted by atomic mass is 10.0. The lowest BCUT2D eigenvalue weighted by Gasteiger charge is -2.29. The Morgan fingerprint density at radius 3 is 2.63 bits per heavy atom. The highest BCUT2D eigenvalue weighted by Gasteiger charge is 2.52. The van der Waals surface area contributed by atoms with Gasteiger partial charge >= 0.3 is 0 Å². The van der Waals surface area contributed by atoms with E-state index in [1.165, 1.54) is 0 Å². The molecule has 0 radical (unpaired) electrons. The summed E-state index contributed by atoms with van der Waals surface area (Å²) in [5.41, 5.74) is -0.544. The van der Waals surface area contributed by atoms with Gasteiger partial charge in [0.1, 0.15) is 6.79 Å². The number of rotatable bonds is 8. The number of ether oxygens (including phenoxy) is 5. The minimum absolute atomic E-state index is 0.111. The second-order valence-corrected chi connectivity index (χ2v) is 5.15. The van der Waals surface area contributed by atoms with Crippen LogP contribution in [0.3, 0.4) is 0 Å². The van der Waals surface area contributed by atoms with E-state index < -0.39 is 11.4 Å². The molecule has 0 spiro atoms. The summed E-state index contributed by atoms with van der Waals surface area (Å²) in [6, 6.07) is 0. The van der Waals surface area contributed by atoms with Crippen LogP contribution in [0, 0.1) is 0 Å². The standard InChI is InChI=1S/C13H26O6/c1-6-18-13(8-14)7-11(12(3,4)19-13)17-9-16-10(2)15-5/h10-11,14H,6-9H2,1-5H3. The molecule has 1 aliphatic rings. The monoisotopic (exact) mass is 278 g/mol. The Morgan fingerprint density at radius 2 is 2.11 bits per heavy atom. The van der Waals surface area contributed by atoms with Gasteiger partial charge in [-0.1, -0.05) is 0 Å². The molecular formula is C13H26O6. The fourth-order valence-electron chi connectivity index (χ4n) is 2.15. The van der Waals surface area contributed by atoms with E-state index in [2.05, 4.69) is 0 Å². The molecule has 0 bridgehead atoms. The van der Waals surface area contributed by atoms with E-state index in [-0.39, 0.29) is 25.8 Å². The molecule has 1 rings (SSSR count). The largest absolute Gasteiger partial charge is 0.391 e. The van der Waals surface area contributed by atoms with Crippen LogP contribution in [-0.4, -0.2) is 56.0 Å². The molecule has 1 aliphatic heterocycles. The maximum absolute atomic E-state index is 9.49. The van der Waals surface area contributed by atoms with E-state index in [0.717, 1.165) is 0 Å². The molecule has 3 atom stereocenters. The van der Waals surface area contributed by atoms with Crippen molar-refractivity contribution in [2.24, 2.45) is 0 Å². The van der Waals surface area contributed by atoms with Crippen molar-refractivity contribution >= 4 is 0 Å². The highest BCUT2D eigenvalue weighted by molar-refractivity contribution is 4.95. The Bertz CT molecular complexity index is 270. The normalized spacial score (nSPS) is 31.6. The van der Waals surface area contributed by atoms with Crippen molar-refractivity contribution in [2.45, 2.75) is 57.9 Å². The average molecular weight is 278 g/mol. The van der Waals surface area contributed by atoms with Gasteiger partial charge in [-0.3, -0.25) is 0 Å². The lowest BCUT2D eigenvalue weighted by molar-refractivity contribution is -0.262. The third-order valence-electron chi connectivity index (χ3n) is 3.27. The first-order chi connectivity index (χ1) is 8.89. The van der Waals surface area contributed by atoms with Crippen molar-refractivity contribution in [1.29, 1.82) is 0 Å². The van der Waals surface area contributed by atoms with Gasteiger partial charge in [0, 0.05) is 20.1 Å². The van der Waals surface area contributed by atoms with Crippen LogP contribution < -0.4 is 0 Å². The summed E-state index contributed by atoms with van der Waals surface area (Å²) >= 11 is 0. The zero-order chi connectivity index (χ0) is 14.5. The Balaban J connectivity index is 2.54. The minimum atomic E-state index is -0.976. The van der Waals surface area contributed by atoms with E-state index in [0.29, 0.717) is 13.0 Å². The Labute approximate surface area is 114 Å². The van der Waals surface area contributed by atoms with E-state index in [1.807, 2.05) is 20.8 Å². The molecule has 1 saturated heterocycles. The van der Waals surface area contributed by atoms with Crippen LogP contribution in [0.5, 0.6) is 0 Å². The molecule has 6 heteroatoms.